The number of anilines is 1. The van der Waals surface area contributed by atoms with Gasteiger partial charge in [-0.15, -0.1) is 0 Å². The van der Waals surface area contributed by atoms with Crippen LogP contribution in [-0.4, -0.2) is 36.9 Å². The van der Waals surface area contributed by atoms with Gasteiger partial charge in [-0.1, -0.05) is 30.3 Å². The number of phenolic OH excluding ortho intramolecular Hbond substituents is 1. The van der Waals surface area contributed by atoms with E-state index in [0.717, 1.165) is 24.3 Å². The molecule has 0 heterocycles. The number of ether oxygens (including phenoxy) is 1. The minimum absolute atomic E-state index is 0.0793. The van der Waals surface area contributed by atoms with E-state index in [4.69, 9.17) is 4.74 Å². The predicted octanol–water partition coefficient (Wildman–Crippen LogP) is 3.40. The molecule has 0 radical (unpaired) electrons. The smallest absolute Gasteiger partial charge is 0.328 e. The third kappa shape index (κ3) is 5.64. The Balaban J connectivity index is 1.87. The number of aliphatic imine (C=N–C) groups is 1. The largest absolute Gasteiger partial charge is 0.507 e. The predicted molar refractivity (Wildman–Crippen MR) is 100 cm³/mol. The number of hydrogen-bond donors (Lipinski definition) is 1. The molecule has 0 bridgehead atoms. The summed E-state index contributed by atoms with van der Waals surface area (Å²) in [7, 11) is 0. The van der Waals surface area contributed by atoms with Crippen molar-refractivity contribution in [1.82, 2.24) is 0 Å². The molecule has 0 fully saturated rings. The quantitative estimate of drug-likeness (QED) is 0.591. The Kier molecular flexibility index (Phi) is 7.01. The van der Waals surface area contributed by atoms with E-state index in [1.165, 1.54) is 6.21 Å². The number of aromatic hydroxyl groups is 1. The van der Waals surface area contributed by atoms with Crippen LogP contribution in [0.2, 0.25) is 0 Å². The molecular weight excluding hydrogens is 316 g/mol. The van der Waals surface area contributed by atoms with Crippen molar-refractivity contribution in [2.24, 2.45) is 4.99 Å². The van der Waals surface area contributed by atoms with E-state index in [9.17, 15) is 9.90 Å². The Bertz CT molecular complexity index is 710. The van der Waals surface area contributed by atoms with E-state index in [1.54, 1.807) is 12.1 Å². The Labute approximate surface area is 148 Å². The van der Waals surface area contributed by atoms with Crippen LogP contribution in [0.1, 0.15) is 25.0 Å². The first-order chi connectivity index (χ1) is 12.1. The van der Waals surface area contributed by atoms with Gasteiger partial charge in [-0.2, -0.15) is 0 Å². The van der Waals surface area contributed by atoms with Crippen LogP contribution in [0.15, 0.2) is 53.5 Å². The molecule has 5 nitrogen and oxygen atoms in total. The highest BCUT2D eigenvalue weighted by molar-refractivity contribution is 5.86. The Morgan fingerprint density at radius 1 is 1.16 bits per heavy atom. The molecule has 0 aliphatic rings. The van der Waals surface area contributed by atoms with Gasteiger partial charge in [0.05, 0.1) is 0 Å². The summed E-state index contributed by atoms with van der Waals surface area (Å²) in [4.78, 5) is 17.9. The van der Waals surface area contributed by atoms with E-state index in [2.05, 4.69) is 23.7 Å². The van der Waals surface area contributed by atoms with Crippen molar-refractivity contribution in [1.29, 1.82) is 0 Å². The fourth-order valence-corrected chi connectivity index (χ4v) is 2.43. The van der Waals surface area contributed by atoms with Crippen LogP contribution >= 0.6 is 0 Å². The monoisotopic (exact) mass is 340 g/mol. The normalized spacial score (nSPS) is 10.8. The first-order valence-corrected chi connectivity index (χ1v) is 8.41. The van der Waals surface area contributed by atoms with Gasteiger partial charge in [0.2, 0.25) is 0 Å². The molecular formula is C20H24N2O3. The summed E-state index contributed by atoms with van der Waals surface area (Å²) < 4.78 is 5.15. The van der Waals surface area contributed by atoms with Crippen molar-refractivity contribution in [3.8, 4) is 5.75 Å². The molecule has 0 spiro atoms. The number of carbonyl (C=O) groups is 1. The molecule has 2 aromatic rings. The van der Waals surface area contributed by atoms with Crippen LogP contribution in [0.25, 0.3) is 0 Å². The number of phenols is 1. The molecule has 1 N–H and O–H groups in total. The van der Waals surface area contributed by atoms with Crippen LogP contribution in [0.3, 0.4) is 0 Å². The van der Waals surface area contributed by atoms with Gasteiger partial charge in [0.15, 0.2) is 0 Å². The molecule has 0 saturated heterocycles. The zero-order valence-electron chi connectivity index (χ0n) is 14.7. The SMILES string of the molecule is CCN(CC)c1ccc(C=NCC(=O)OCc2ccccc2)c(O)c1. The van der Waals surface area contributed by atoms with Gasteiger partial charge < -0.3 is 14.7 Å². The first kappa shape index (κ1) is 18.5. The first-order valence-electron chi connectivity index (χ1n) is 8.41. The second kappa shape index (κ2) is 9.47. The highest BCUT2D eigenvalue weighted by atomic mass is 16.5. The van der Waals surface area contributed by atoms with Crippen molar-refractivity contribution in [2.45, 2.75) is 20.5 Å². The average Bonchev–Trinajstić information content (AvgIpc) is 2.63. The number of hydrogen-bond acceptors (Lipinski definition) is 5. The molecule has 2 rings (SSSR count). The van der Waals surface area contributed by atoms with Crippen molar-refractivity contribution < 1.29 is 14.6 Å². The fourth-order valence-electron chi connectivity index (χ4n) is 2.43. The summed E-state index contributed by atoms with van der Waals surface area (Å²) in [6, 6.07) is 14.9. The van der Waals surface area contributed by atoms with Gasteiger partial charge in [0.25, 0.3) is 0 Å². The maximum Gasteiger partial charge on any atom is 0.328 e. The topological polar surface area (TPSA) is 62.1 Å². The zero-order valence-corrected chi connectivity index (χ0v) is 14.7. The van der Waals surface area contributed by atoms with Gasteiger partial charge >= 0.3 is 5.97 Å². The number of benzene rings is 2. The summed E-state index contributed by atoms with van der Waals surface area (Å²) in [5.41, 5.74) is 2.47. The lowest BCUT2D eigenvalue weighted by molar-refractivity contribution is -0.143. The number of nitrogens with zero attached hydrogens (tertiary/aromatic N) is 2. The number of carbonyl (C=O) groups excluding carboxylic acids is 1. The molecule has 0 unspecified atom stereocenters. The Morgan fingerprint density at radius 2 is 1.88 bits per heavy atom. The van der Waals surface area contributed by atoms with Gasteiger partial charge in [-0.25, -0.2) is 0 Å². The minimum atomic E-state index is -0.403. The highest BCUT2D eigenvalue weighted by Gasteiger charge is 2.06. The van der Waals surface area contributed by atoms with Crippen LogP contribution in [0.4, 0.5) is 5.69 Å². The number of esters is 1. The van der Waals surface area contributed by atoms with E-state index in [1.807, 2.05) is 36.4 Å². The maximum atomic E-state index is 11.7. The van der Waals surface area contributed by atoms with Gasteiger partial charge in [0.1, 0.15) is 18.9 Å². The molecule has 0 saturated carbocycles. The van der Waals surface area contributed by atoms with E-state index in [0.29, 0.717) is 5.56 Å². The Morgan fingerprint density at radius 3 is 2.52 bits per heavy atom. The third-order valence-electron chi connectivity index (χ3n) is 3.84. The van der Waals surface area contributed by atoms with Crippen LogP contribution in [0.5, 0.6) is 5.75 Å². The second-order valence-electron chi connectivity index (χ2n) is 5.53. The fraction of sp³-hybridized carbons (Fsp3) is 0.300. The maximum absolute atomic E-state index is 11.7. The summed E-state index contributed by atoms with van der Waals surface area (Å²) in [6.45, 7) is 6.03. The van der Waals surface area contributed by atoms with Gasteiger partial charge in [-0.3, -0.25) is 9.79 Å². The lowest BCUT2D eigenvalue weighted by Crippen LogP contribution is -2.21. The number of rotatable bonds is 8. The molecule has 0 aliphatic heterocycles. The van der Waals surface area contributed by atoms with Crippen molar-refractivity contribution in [3.05, 3.63) is 59.7 Å². The summed E-state index contributed by atoms with van der Waals surface area (Å²) >= 11 is 0. The molecule has 132 valence electrons. The summed E-state index contributed by atoms with van der Waals surface area (Å²) in [6.07, 6.45) is 1.49. The van der Waals surface area contributed by atoms with Gasteiger partial charge in [0, 0.05) is 36.6 Å². The standard InChI is InChI=1S/C20H24N2O3/c1-3-22(4-2)18-11-10-17(19(23)12-18)13-21-14-20(24)25-15-16-8-6-5-7-9-16/h5-13,23H,3-4,14-15H2,1-2H3. The molecule has 0 amide bonds. The summed E-state index contributed by atoms with van der Waals surface area (Å²) in [5, 5.41) is 10.1. The third-order valence-corrected chi connectivity index (χ3v) is 3.84. The van der Waals surface area contributed by atoms with Crippen molar-refractivity contribution >= 4 is 17.9 Å². The van der Waals surface area contributed by atoms with E-state index < -0.39 is 5.97 Å². The van der Waals surface area contributed by atoms with Gasteiger partial charge in [-0.05, 0) is 31.5 Å². The van der Waals surface area contributed by atoms with Crippen molar-refractivity contribution in [3.63, 3.8) is 0 Å². The van der Waals surface area contributed by atoms with E-state index in [-0.39, 0.29) is 18.9 Å². The second-order valence-corrected chi connectivity index (χ2v) is 5.53. The van der Waals surface area contributed by atoms with Crippen molar-refractivity contribution in [2.75, 3.05) is 24.5 Å². The molecule has 2 aromatic carbocycles. The zero-order chi connectivity index (χ0) is 18.1. The molecule has 0 atom stereocenters. The molecule has 0 aromatic heterocycles. The minimum Gasteiger partial charge on any atom is -0.507 e. The highest BCUT2D eigenvalue weighted by Crippen LogP contribution is 2.23. The Hall–Kier alpha value is -2.82. The molecule has 5 heteroatoms. The van der Waals surface area contributed by atoms with Crippen LogP contribution in [0, 0.1) is 0 Å². The lowest BCUT2D eigenvalue weighted by Gasteiger charge is -2.21. The van der Waals surface area contributed by atoms with Crippen LogP contribution < -0.4 is 4.90 Å². The van der Waals surface area contributed by atoms with Crippen LogP contribution in [-0.2, 0) is 16.1 Å². The molecule has 25 heavy (non-hydrogen) atoms. The average molecular weight is 340 g/mol. The van der Waals surface area contributed by atoms with E-state index >= 15 is 0 Å². The lowest BCUT2D eigenvalue weighted by atomic mass is 10.2. The molecule has 0 aliphatic carbocycles. The summed E-state index contributed by atoms with van der Waals surface area (Å²) in [5.74, 6) is -0.259.